The summed E-state index contributed by atoms with van der Waals surface area (Å²) in [4.78, 5) is 0. The summed E-state index contributed by atoms with van der Waals surface area (Å²) in [6.07, 6.45) is 0. The Morgan fingerprint density at radius 3 is 2.07 bits per heavy atom. The van der Waals surface area contributed by atoms with Crippen LogP contribution in [0.2, 0.25) is 0 Å². The first-order chi connectivity index (χ1) is 14.5. The maximum atomic E-state index is 14.6. The van der Waals surface area contributed by atoms with Crippen LogP contribution < -0.4 is 4.74 Å². The summed E-state index contributed by atoms with van der Waals surface area (Å²) in [5.41, 5.74) is 1.40. The van der Waals surface area contributed by atoms with E-state index in [0.29, 0.717) is 29.0 Å². The summed E-state index contributed by atoms with van der Waals surface area (Å²) in [5.74, 6) is 4.29. The fourth-order valence-corrected chi connectivity index (χ4v) is 3.20. The van der Waals surface area contributed by atoms with Crippen LogP contribution in [0.25, 0.3) is 21.9 Å². The van der Waals surface area contributed by atoms with E-state index >= 15 is 0 Å². The molecular formula is C26H17F3O. The highest BCUT2D eigenvalue weighted by molar-refractivity contribution is 5.84. The Kier molecular flexibility index (Phi) is 5.45. The van der Waals surface area contributed by atoms with Gasteiger partial charge in [0.05, 0.1) is 12.2 Å². The van der Waals surface area contributed by atoms with E-state index in [-0.39, 0.29) is 11.4 Å². The molecule has 0 saturated carbocycles. The van der Waals surface area contributed by atoms with Gasteiger partial charge in [0.25, 0.3) is 0 Å². The van der Waals surface area contributed by atoms with Crippen LogP contribution in [-0.2, 0) is 0 Å². The molecule has 148 valence electrons. The number of benzene rings is 4. The molecule has 0 bridgehead atoms. The molecule has 0 spiro atoms. The molecule has 4 aromatic rings. The topological polar surface area (TPSA) is 9.23 Å². The summed E-state index contributed by atoms with van der Waals surface area (Å²) in [6.45, 7) is 2.43. The number of hydrogen-bond acceptors (Lipinski definition) is 1. The summed E-state index contributed by atoms with van der Waals surface area (Å²) < 4.78 is 47.8. The van der Waals surface area contributed by atoms with Crippen molar-refractivity contribution in [2.45, 2.75) is 6.92 Å². The second-order valence-electron chi connectivity index (χ2n) is 6.73. The molecule has 0 fully saturated rings. The summed E-state index contributed by atoms with van der Waals surface area (Å²) in [6, 6.07) is 19.2. The first-order valence-corrected chi connectivity index (χ1v) is 9.47. The van der Waals surface area contributed by atoms with Gasteiger partial charge in [-0.1, -0.05) is 36.1 Å². The monoisotopic (exact) mass is 402 g/mol. The van der Waals surface area contributed by atoms with Crippen molar-refractivity contribution in [2.75, 3.05) is 6.61 Å². The minimum absolute atomic E-state index is 0.288. The van der Waals surface area contributed by atoms with E-state index in [1.165, 1.54) is 24.3 Å². The molecule has 0 radical (unpaired) electrons. The van der Waals surface area contributed by atoms with Crippen molar-refractivity contribution in [2.24, 2.45) is 0 Å². The molecule has 0 N–H and O–H groups in total. The Morgan fingerprint density at radius 2 is 1.37 bits per heavy atom. The molecule has 1 nitrogen and oxygen atoms in total. The predicted molar refractivity (Wildman–Crippen MR) is 113 cm³/mol. The van der Waals surface area contributed by atoms with Gasteiger partial charge in [0, 0.05) is 5.56 Å². The first kappa shape index (κ1) is 19.6. The van der Waals surface area contributed by atoms with Crippen molar-refractivity contribution in [1.82, 2.24) is 0 Å². The Balaban J connectivity index is 1.64. The molecule has 0 atom stereocenters. The smallest absolute Gasteiger partial charge is 0.142 e. The van der Waals surface area contributed by atoms with Crippen molar-refractivity contribution in [3.63, 3.8) is 0 Å². The van der Waals surface area contributed by atoms with E-state index in [1.54, 1.807) is 48.5 Å². The van der Waals surface area contributed by atoms with Crippen LogP contribution in [0.5, 0.6) is 5.75 Å². The van der Waals surface area contributed by atoms with Gasteiger partial charge in [0.15, 0.2) is 0 Å². The van der Waals surface area contributed by atoms with Gasteiger partial charge in [-0.05, 0) is 77.4 Å². The maximum absolute atomic E-state index is 14.6. The number of halogens is 3. The molecule has 4 heteroatoms. The average molecular weight is 402 g/mol. The molecule has 0 saturated heterocycles. The van der Waals surface area contributed by atoms with Crippen LogP contribution in [0.3, 0.4) is 0 Å². The van der Waals surface area contributed by atoms with Gasteiger partial charge in [0.2, 0.25) is 0 Å². The molecule has 0 aliphatic rings. The van der Waals surface area contributed by atoms with E-state index in [0.717, 1.165) is 10.8 Å². The minimum atomic E-state index is -0.728. The zero-order valence-electron chi connectivity index (χ0n) is 16.2. The highest BCUT2D eigenvalue weighted by Crippen LogP contribution is 2.26. The fraction of sp³-hybridized carbons (Fsp3) is 0.0769. The first-order valence-electron chi connectivity index (χ1n) is 9.47. The minimum Gasteiger partial charge on any atom is -0.494 e. The molecule has 4 rings (SSSR count). The number of ether oxygens (including phenoxy) is 1. The standard InChI is InChI=1S/C26H17F3O/c1-2-30-23-10-7-18(8-11-23)21-15-25(28)24(26(29)16-21)12-4-17-3-5-20-14-22(27)9-6-19(20)13-17/h3,5-11,13-16H,2H2,1H3. The van der Waals surface area contributed by atoms with Gasteiger partial charge in [0.1, 0.15) is 23.2 Å². The average Bonchev–Trinajstić information content (AvgIpc) is 2.74. The highest BCUT2D eigenvalue weighted by Gasteiger charge is 2.11. The van der Waals surface area contributed by atoms with Gasteiger partial charge in [-0.15, -0.1) is 0 Å². The lowest BCUT2D eigenvalue weighted by Crippen LogP contribution is -1.93. The largest absolute Gasteiger partial charge is 0.494 e. The third-order valence-electron chi connectivity index (χ3n) is 4.67. The number of hydrogen-bond donors (Lipinski definition) is 0. The molecule has 0 aromatic heterocycles. The molecule has 0 heterocycles. The Morgan fingerprint density at radius 1 is 0.700 bits per heavy atom. The summed E-state index contributed by atoms with van der Waals surface area (Å²) in [7, 11) is 0. The highest BCUT2D eigenvalue weighted by atomic mass is 19.1. The second kappa shape index (κ2) is 8.34. The SMILES string of the molecule is CCOc1ccc(-c2cc(F)c(C#Cc3ccc4cc(F)ccc4c3)c(F)c2)cc1. The quantitative estimate of drug-likeness (QED) is 0.346. The van der Waals surface area contributed by atoms with Crippen molar-refractivity contribution < 1.29 is 17.9 Å². The third kappa shape index (κ3) is 4.16. The number of rotatable bonds is 3. The summed E-state index contributed by atoms with van der Waals surface area (Å²) in [5, 5.41) is 1.53. The molecule has 0 unspecified atom stereocenters. The summed E-state index contributed by atoms with van der Waals surface area (Å²) >= 11 is 0. The van der Waals surface area contributed by atoms with Crippen LogP contribution in [0, 0.1) is 29.3 Å². The van der Waals surface area contributed by atoms with Crippen LogP contribution in [0.15, 0.2) is 72.8 Å². The van der Waals surface area contributed by atoms with Gasteiger partial charge < -0.3 is 4.74 Å². The van der Waals surface area contributed by atoms with Crippen molar-refractivity contribution in [3.05, 3.63) is 101 Å². The maximum Gasteiger partial charge on any atom is 0.142 e. The van der Waals surface area contributed by atoms with E-state index in [2.05, 4.69) is 11.8 Å². The van der Waals surface area contributed by atoms with Crippen molar-refractivity contribution in [1.29, 1.82) is 0 Å². The van der Waals surface area contributed by atoms with Crippen molar-refractivity contribution >= 4 is 10.8 Å². The van der Waals surface area contributed by atoms with E-state index in [9.17, 15) is 13.2 Å². The molecular weight excluding hydrogens is 385 g/mol. The normalized spacial score (nSPS) is 10.5. The van der Waals surface area contributed by atoms with E-state index in [4.69, 9.17) is 4.74 Å². The Labute approximate surface area is 172 Å². The molecule has 0 amide bonds. The lowest BCUT2D eigenvalue weighted by Gasteiger charge is -2.07. The van der Waals surface area contributed by atoms with Crippen LogP contribution in [0.1, 0.15) is 18.1 Å². The van der Waals surface area contributed by atoms with Crippen LogP contribution in [-0.4, -0.2) is 6.61 Å². The molecule has 0 aliphatic carbocycles. The van der Waals surface area contributed by atoms with E-state index < -0.39 is 11.6 Å². The van der Waals surface area contributed by atoms with Gasteiger partial charge in [-0.25, -0.2) is 13.2 Å². The van der Waals surface area contributed by atoms with Gasteiger partial charge >= 0.3 is 0 Å². The number of fused-ring (bicyclic) bond motifs is 1. The zero-order chi connectivity index (χ0) is 21.1. The Hall–Kier alpha value is -3.71. The molecule has 0 aliphatic heterocycles. The van der Waals surface area contributed by atoms with E-state index in [1.807, 2.05) is 6.92 Å². The second-order valence-corrected chi connectivity index (χ2v) is 6.73. The lowest BCUT2D eigenvalue weighted by molar-refractivity contribution is 0.340. The third-order valence-corrected chi connectivity index (χ3v) is 4.67. The van der Waals surface area contributed by atoms with Crippen LogP contribution >= 0.6 is 0 Å². The van der Waals surface area contributed by atoms with Crippen molar-refractivity contribution in [3.8, 4) is 28.7 Å². The fourth-order valence-electron chi connectivity index (χ4n) is 3.20. The zero-order valence-corrected chi connectivity index (χ0v) is 16.2. The molecule has 30 heavy (non-hydrogen) atoms. The van der Waals surface area contributed by atoms with Gasteiger partial charge in [-0.3, -0.25) is 0 Å². The predicted octanol–water partition coefficient (Wildman–Crippen LogP) is 6.72. The Bertz CT molecular complexity index is 1260. The molecule has 4 aromatic carbocycles. The lowest BCUT2D eigenvalue weighted by atomic mass is 10.0. The van der Waals surface area contributed by atoms with Gasteiger partial charge in [-0.2, -0.15) is 0 Å². The van der Waals surface area contributed by atoms with Crippen LogP contribution in [0.4, 0.5) is 13.2 Å².